The SMILES string of the molecule is CC(C)OCCCNC(=O)c1ccc2c(Cl)c(-c3nn(C(C)(C)C)c4ncnc(N)c34)[nH]c2c1.CCCNC(=O)c1ccc2c(Cl)c(-c3nn(C(C)(C)C)c4ncnc(N)c34)[nH]c2c1.CNC(=O)c1ccc2c(F)c(-c3nn(C(C)(C)C)c4ncnc(N)c34)[nH]c2c1. The molecule has 0 aliphatic carbocycles. The highest BCUT2D eigenvalue weighted by atomic mass is 35.5. The van der Waals surface area contributed by atoms with Crippen LogP contribution in [0.2, 0.25) is 10.0 Å². The van der Waals surface area contributed by atoms with Gasteiger partial charge in [0.1, 0.15) is 59.2 Å². The monoisotopic (exact) mass is 1290 g/mol. The summed E-state index contributed by atoms with van der Waals surface area (Å²) in [6.07, 6.45) is 6.02. The molecule has 0 aliphatic rings. The van der Waals surface area contributed by atoms with E-state index in [0.717, 1.165) is 34.6 Å². The number of ether oxygens (including phenoxy) is 1. The second kappa shape index (κ2) is 25.5. The van der Waals surface area contributed by atoms with Crippen molar-refractivity contribution in [1.82, 2.24) is 90.1 Å². The van der Waals surface area contributed by atoms with Crippen molar-refractivity contribution in [2.45, 2.75) is 119 Å². The number of anilines is 3. The number of nitrogens with two attached hydrogens (primary N) is 3. The lowest BCUT2D eigenvalue weighted by molar-refractivity contribution is 0.0756. The Morgan fingerprint density at radius 1 is 0.554 bits per heavy atom. The molecule has 28 heteroatoms. The van der Waals surface area contributed by atoms with Gasteiger partial charge in [0.2, 0.25) is 0 Å². The summed E-state index contributed by atoms with van der Waals surface area (Å²) in [5, 5.41) is 27.3. The fraction of sp³-hybridized carbons (Fsp3) is 0.344. The van der Waals surface area contributed by atoms with Crippen LogP contribution in [0.3, 0.4) is 0 Å². The third-order valence-corrected chi connectivity index (χ3v) is 15.7. The average molecular weight is 1290 g/mol. The van der Waals surface area contributed by atoms with Gasteiger partial charge in [-0.05, 0) is 131 Å². The van der Waals surface area contributed by atoms with Crippen LogP contribution in [0.25, 0.3) is 100.0 Å². The van der Waals surface area contributed by atoms with Gasteiger partial charge in [0.05, 0.1) is 60.3 Å². The van der Waals surface area contributed by atoms with E-state index in [9.17, 15) is 14.4 Å². The van der Waals surface area contributed by atoms with Crippen LogP contribution in [0.1, 0.15) is 127 Å². The second-order valence-corrected chi connectivity index (χ2v) is 26.0. The van der Waals surface area contributed by atoms with Crippen LogP contribution in [0.5, 0.6) is 0 Å². The summed E-state index contributed by atoms with van der Waals surface area (Å²) in [6, 6.07) is 15.5. The van der Waals surface area contributed by atoms with Crippen molar-refractivity contribution < 1.29 is 23.5 Å². The van der Waals surface area contributed by atoms with E-state index in [0.29, 0.717) is 131 Å². The van der Waals surface area contributed by atoms with E-state index < -0.39 is 11.4 Å². The molecule has 480 valence electrons. The number of amides is 3. The molecule has 0 spiro atoms. The Hall–Kier alpha value is -9.79. The Labute approximate surface area is 538 Å². The minimum absolute atomic E-state index is 0.119. The van der Waals surface area contributed by atoms with Gasteiger partial charge in [0, 0.05) is 76.1 Å². The molecule has 9 heterocycles. The number of nitrogen functional groups attached to an aromatic ring is 3. The van der Waals surface area contributed by atoms with Gasteiger partial charge in [-0.3, -0.25) is 14.4 Å². The van der Waals surface area contributed by atoms with Crippen LogP contribution in [0.15, 0.2) is 73.6 Å². The van der Waals surface area contributed by atoms with Crippen molar-refractivity contribution in [3.05, 3.63) is 106 Å². The van der Waals surface area contributed by atoms with E-state index in [1.807, 2.05) is 105 Å². The molecule has 0 saturated carbocycles. The van der Waals surface area contributed by atoms with E-state index in [1.54, 1.807) is 54.2 Å². The zero-order valence-electron chi connectivity index (χ0n) is 53.4. The van der Waals surface area contributed by atoms with E-state index in [2.05, 4.69) is 65.9 Å². The molecule has 0 radical (unpaired) electrons. The Bertz CT molecular complexity index is 4800. The molecule has 0 atom stereocenters. The van der Waals surface area contributed by atoms with Crippen LogP contribution in [-0.4, -0.2) is 125 Å². The Balaban J connectivity index is 0.000000152. The van der Waals surface area contributed by atoms with Gasteiger partial charge in [-0.25, -0.2) is 48.3 Å². The van der Waals surface area contributed by atoms with Crippen LogP contribution >= 0.6 is 23.2 Å². The summed E-state index contributed by atoms with van der Waals surface area (Å²) in [5.74, 6) is -0.114. The largest absolute Gasteiger partial charge is 0.383 e. The minimum Gasteiger partial charge on any atom is -0.383 e. The average Bonchev–Trinajstić information content (AvgIpc) is 1.61. The van der Waals surface area contributed by atoms with Gasteiger partial charge in [-0.2, -0.15) is 15.3 Å². The molecule has 0 fully saturated rings. The predicted octanol–water partition coefficient (Wildman–Crippen LogP) is 11.4. The molecular weight excluding hydrogens is 1220 g/mol. The van der Waals surface area contributed by atoms with Crippen molar-refractivity contribution in [1.29, 1.82) is 0 Å². The molecule has 12 N–H and O–H groups in total. The maximum atomic E-state index is 15.2. The number of nitrogens with one attached hydrogen (secondary N) is 6. The topological polar surface area (TPSA) is 353 Å². The molecule has 9 aromatic heterocycles. The first-order valence-corrected chi connectivity index (χ1v) is 30.6. The van der Waals surface area contributed by atoms with E-state index in [4.69, 9.17) is 55.3 Å². The molecule has 92 heavy (non-hydrogen) atoms. The first-order valence-electron chi connectivity index (χ1n) is 29.9. The fourth-order valence-electron chi connectivity index (χ4n) is 10.4. The number of hydrogen-bond donors (Lipinski definition) is 9. The Morgan fingerprint density at radius 2 is 0.913 bits per heavy atom. The van der Waals surface area contributed by atoms with Gasteiger partial charge >= 0.3 is 0 Å². The normalized spacial score (nSPS) is 12.1. The lowest BCUT2D eigenvalue weighted by Crippen LogP contribution is -2.25. The lowest BCUT2D eigenvalue weighted by Gasteiger charge is -2.19. The summed E-state index contributed by atoms with van der Waals surface area (Å²) in [5.41, 5.74) is 25.6. The minimum atomic E-state index is -0.470. The first kappa shape index (κ1) is 65.2. The third kappa shape index (κ3) is 12.7. The highest BCUT2D eigenvalue weighted by molar-refractivity contribution is 6.39. The third-order valence-electron chi connectivity index (χ3n) is 14.9. The summed E-state index contributed by atoms with van der Waals surface area (Å²) in [4.78, 5) is 72.0. The van der Waals surface area contributed by atoms with Crippen molar-refractivity contribution in [3.8, 4) is 34.2 Å². The quantitative estimate of drug-likeness (QED) is 0.0484. The molecule has 3 aromatic carbocycles. The van der Waals surface area contributed by atoms with Crippen LogP contribution in [0.4, 0.5) is 21.8 Å². The van der Waals surface area contributed by atoms with Gasteiger partial charge in [-0.1, -0.05) is 42.3 Å². The van der Waals surface area contributed by atoms with Crippen LogP contribution < -0.4 is 33.2 Å². The zero-order chi connectivity index (χ0) is 66.5. The van der Waals surface area contributed by atoms with E-state index in [1.165, 1.54) is 19.0 Å². The zero-order valence-corrected chi connectivity index (χ0v) is 54.9. The van der Waals surface area contributed by atoms with Crippen molar-refractivity contribution >= 4 is 124 Å². The molecule has 3 amide bonds. The predicted molar refractivity (Wildman–Crippen MR) is 360 cm³/mol. The number of hydrogen-bond acceptors (Lipinski definition) is 16. The Morgan fingerprint density at radius 3 is 1.29 bits per heavy atom. The second-order valence-electron chi connectivity index (χ2n) is 25.3. The van der Waals surface area contributed by atoms with Crippen LogP contribution in [-0.2, 0) is 21.4 Å². The van der Waals surface area contributed by atoms with Gasteiger partial charge < -0.3 is 52.8 Å². The van der Waals surface area contributed by atoms with E-state index in [-0.39, 0.29) is 46.4 Å². The number of benzene rings is 3. The van der Waals surface area contributed by atoms with Crippen LogP contribution in [0, 0.1) is 5.82 Å². The Kier molecular flexibility index (Phi) is 18.0. The number of rotatable bonds is 13. The van der Waals surface area contributed by atoms with Gasteiger partial charge in [0.15, 0.2) is 22.8 Å². The molecule has 0 saturated heterocycles. The number of carbonyl (C=O) groups excluding carboxylic acids is 3. The number of fused-ring (bicyclic) bond motifs is 6. The number of H-pyrrole nitrogens is 3. The summed E-state index contributed by atoms with van der Waals surface area (Å²) in [6.45, 7) is 25.9. The fourth-order valence-corrected chi connectivity index (χ4v) is 11.0. The lowest BCUT2D eigenvalue weighted by atomic mass is 10.1. The molecule has 25 nitrogen and oxygen atoms in total. The van der Waals surface area contributed by atoms with Gasteiger partial charge in [0.25, 0.3) is 17.7 Å². The summed E-state index contributed by atoms with van der Waals surface area (Å²) >= 11 is 13.5. The summed E-state index contributed by atoms with van der Waals surface area (Å²) in [7, 11) is 1.54. The highest BCUT2D eigenvalue weighted by Gasteiger charge is 2.31. The standard InChI is InChI=1S/C24H30ClN7O2.C21H24ClN7O.C19H20FN7O/c1-13(2)34-10-6-9-27-23(33)14-7-8-15-16(11-14)30-20(18(15)25)19-17-21(26)28-12-29-22(17)32(31-19)24(3,4)5;1-5-8-24-20(30)11-6-7-12-13(9-11)27-17(15(12)22)16-14-18(23)25-10-26-19(14)29(28-16)21(2,3)4;1-19(2,3)27-17-12(16(21)23-8-24-17)14(26-27)15-13(20)10-6-5-9(18(28)22-4)7-11(10)25-15/h7-8,11-13,30H,6,9-10H2,1-5H3,(H,27,33)(H2,26,28,29);6-7,9-10,27H,5,8H2,1-4H3,(H,24,30)(H2,23,25,26);5-8,25H,1-4H3,(H,22,28)(H2,21,23,24). The van der Waals surface area contributed by atoms with Crippen molar-refractivity contribution in [3.63, 3.8) is 0 Å². The molecule has 12 aromatic rings. The molecule has 0 bridgehead atoms. The van der Waals surface area contributed by atoms with E-state index >= 15 is 4.39 Å². The maximum Gasteiger partial charge on any atom is 0.251 e. The first-order chi connectivity index (χ1) is 43.5. The molecule has 0 unspecified atom stereocenters. The molecule has 12 rings (SSSR count). The van der Waals surface area contributed by atoms with Gasteiger partial charge in [-0.15, -0.1) is 0 Å². The number of carbonyl (C=O) groups is 3. The number of aromatic amines is 3. The maximum absolute atomic E-state index is 15.2. The number of halogens is 3. The number of aromatic nitrogens is 15. The highest BCUT2D eigenvalue weighted by Crippen LogP contribution is 2.42. The summed E-state index contributed by atoms with van der Waals surface area (Å²) < 4.78 is 26.1. The van der Waals surface area contributed by atoms with Crippen molar-refractivity contribution in [2.24, 2.45) is 0 Å². The van der Waals surface area contributed by atoms with Crippen molar-refractivity contribution in [2.75, 3.05) is 43.9 Å². The molecule has 0 aliphatic heterocycles. The molecular formula is C64H74Cl2FN21O4. The smallest absolute Gasteiger partial charge is 0.251 e. The number of nitrogens with zero attached hydrogens (tertiary/aromatic N) is 12.